The van der Waals surface area contributed by atoms with Crippen molar-refractivity contribution in [2.75, 3.05) is 4.72 Å². The van der Waals surface area contributed by atoms with Gasteiger partial charge in [-0.15, -0.1) is 0 Å². The van der Waals surface area contributed by atoms with Gasteiger partial charge in [0, 0.05) is 11.0 Å². The Balaban J connectivity index is 2.18. The molecular formula is C14H14BrFN2O2S. The van der Waals surface area contributed by atoms with Crippen LogP contribution in [-0.2, 0) is 22.3 Å². The van der Waals surface area contributed by atoms with Crippen LogP contribution in [0, 0.1) is 5.82 Å². The molecule has 2 rings (SSSR count). The van der Waals surface area contributed by atoms with Crippen LogP contribution in [0.25, 0.3) is 0 Å². The highest BCUT2D eigenvalue weighted by Gasteiger charge is 2.14. The summed E-state index contributed by atoms with van der Waals surface area (Å²) >= 11 is 3.12. The molecule has 2 aromatic rings. The minimum atomic E-state index is -3.59. The largest absolute Gasteiger partial charge is 0.326 e. The van der Waals surface area contributed by atoms with E-state index in [2.05, 4.69) is 20.7 Å². The number of hydrogen-bond donors (Lipinski definition) is 2. The Hall–Kier alpha value is -1.44. The van der Waals surface area contributed by atoms with E-state index in [1.807, 2.05) is 6.07 Å². The van der Waals surface area contributed by atoms with E-state index in [-0.39, 0.29) is 5.75 Å². The minimum absolute atomic E-state index is 0.176. The number of hydrogen-bond acceptors (Lipinski definition) is 3. The third kappa shape index (κ3) is 4.52. The van der Waals surface area contributed by atoms with E-state index < -0.39 is 15.8 Å². The fraction of sp³-hybridized carbons (Fsp3) is 0.143. The number of nitrogens with two attached hydrogens (primary N) is 1. The zero-order valence-corrected chi connectivity index (χ0v) is 13.4. The van der Waals surface area contributed by atoms with Gasteiger partial charge in [0.1, 0.15) is 5.82 Å². The maximum Gasteiger partial charge on any atom is 0.236 e. The molecule has 0 aliphatic rings. The third-order valence-corrected chi connectivity index (χ3v) is 4.68. The third-order valence-electron chi connectivity index (χ3n) is 2.78. The number of nitrogens with one attached hydrogen (secondary N) is 1. The predicted molar refractivity (Wildman–Crippen MR) is 84.7 cm³/mol. The summed E-state index contributed by atoms with van der Waals surface area (Å²) in [5.74, 6) is -0.620. The molecule has 0 fully saturated rings. The Morgan fingerprint density at radius 2 is 1.86 bits per heavy atom. The standard InChI is InChI=1S/C14H14BrFN2O2S/c15-13-7-12(16)4-5-14(13)18-21(19,20)9-11-3-1-2-10(6-11)8-17/h1-7,18H,8-9,17H2. The van der Waals surface area contributed by atoms with Gasteiger partial charge in [0.15, 0.2) is 0 Å². The van der Waals surface area contributed by atoms with Crippen molar-refractivity contribution in [3.05, 3.63) is 63.9 Å². The molecule has 0 unspecified atom stereocenters. The lowest BCUT2D eigenvalue weighted by molar-refractivity contribution is 0.600. The van der Waals surface area contributed by atoms with E-state index in [1.54, 1.807) is 18.2 Å². The average molecular weight is 373 g/mol. The molecule has 7 heteroatoms. The van der Waals surface area contributed by atoms with Crippen molar-refractivity contribution < 1.29 is 12.8 Å². The van der Waals surface area contributed by atoms with Crippen LogP contribution in [0.5, 0.6) is 0 Å². The van der Waals surface area contributed by atoms with Gasteiger partial charge >= 0.3 is 0 Å². The van der Waals surface area contributed by atoms with Gasteiger partial charge in [0.2, 0.25) is 10.0 Å². The fourth-order valence-corrected chi connectivity index (χ4v) is 3.63. The lowest BCUT2D eigenvalue weighted by Gasteiger charge is -2.10. The highest BCUT2D eigenvalue weighted by Crippen LogP contribution is 2.24. The smallest absolute Gasteiger partial charge is 0.236 e. The van der Waals surface area contributed by atoms with Gasteiger partial charge in [-0.1, -0.05) is 24.3 Å². The van der Waals surface area contributed by atoms with Crippen molar-refractivity contribution in [2.24, 2.45) is 5.73 Å². The molecule has 0 radical (unpaired) electrons. The Kier molecular flexibility index (Phi) is 4.97. The van der Waals surface area contributed by atoms with Crippen molar-refractivity contribution in [2.45, 2.75) is 12.3 Å². The normalized spacial score (nSPS) is 11.4. The van der Waals surface area contributed by atoms with E-state index in [0.717, 1.165) is 5.56 Å². The van der Waals surface area contributed by atoms with Gasteiger partial charge in [0.25, 0.3) is 0 Å². The Morgan fingerprint density at radius 3 is 2.52 bits per heavy atom. The molecule has 21 heavy (non-hydrogen) atoms. The molecule has 0 saturated carbocycles. The van der Waals surface area contributed by atoms with Crippen LogP contribution in [0.3, 0.4) is 0 Å². The number of benzene rings is 2. The topological polar surface area (TPSA) is 72.2 Å². The summed E-state index contributed by atoms with van der Waals surface area (Å²) in [4.78, 5) is 0. The second-order valence-corrected chi connectivity index (χ2v) is 7.09. The van der Waals surface area contributed by atoms with Crippen LogP contribution < -0.4 is 10.5 Å². The van der Waals surface area contributed by atoms with E-state index in [9.17, 15) is 12.8 Å². The monoisotopic (exact) mass is 372 g/mol. The summed E-state index contributed by atoms with van der Waals surface area (Å²) in [5, 5.41) is 0. The van der Waals surface area contributed by atoms with Gasteiger partial charge in [-0.05, 0) is 45.3 Å². The Bertz CT molecular complexity index is 750. The number of sulfonamides is 1. The molecule has 0 aliphatic carbocycles. The zero-order chi connectivity index (χ0) is 15.5. The lowest BCUT2D eigenvalue weighted by atomic mass is 10.1. The van der Waals surface area contributed by atoms with Crippen molar-refractivity contribution in [1.82, 2.24) is 0 Å². The van der Waals surface area contributed by atoms with Gasteiger partial charge in [-0.3, -0.25) is 4.72 Å². The molecule has 0 amide bonds. The van der Waals surface area contributed by atoms with Gasteiger partial charge in [-0.2, -0.15) is 0 Å². The second-order valence-electron chi connectivity index (χ2n) is 4.51. The number of halogens is 2. The zero-order valence-electron chi connectivity index (χ0n) is 11.0. The molecule has 0 heterocycles. The van der Waals surface area contributed by atoms with Crippen molar-refractivity contribution in [1.29, 1.82) is 0 Å². The van der Waals surface area contributed by atoms with Crippen LogP contribution in [0.4, 0.5) is 10.1 Å². The quantitative estimate of drug-likeness (QED) is 0.847. The average Bonchev–Trinajstić information content (AvgIpc) is 2.41. The van der Waals surface area contributed by atoms with Gasteiger partial charge in [0.05, 0.1) is 11.4 Å². The molecule has 2 aromatic carbocycles. The maximum absolute atomic E-state index is 13.0. The summed E-state index contributed by atoms with van der Waals surface area (Å²) in [7, 11) is -3.59. The highest BCUT2D eigenvalue weighted by molar-refractivity contribution is 9.10. The first-order valence-corrected chi connectivity index (χ1v) is 8.57. The van der Waals surface area contributed by atoms with Gasteiger partial charge < -0.3 is 5.73 Å². The van der Waals surface area contributed by atoms with Crippen molar-refractivity contribution >= 4 is 31.6 Å². The first kappa shape index (κ1) is 15.9. The van der Waals surface area contributed by atoms with Crippen LogP contribution >= 0.6 is 15.9 Å². The van der Waals surface area contributed by atoms with E-state index in [4.69, 9.17) is 5.73 Å². The summed E-state index contributed by atoms with van der Waals surface area (Å²) in [5.41, 5.74) is 7.34. The first-order valence-electron chi connectivity index (χ1n) is 6.13. The molecule has 0 atom stereocenters. The maximum atomic E-state index is 13.0. The molecule has 0 aliphatic heterocycles. The number of anilines is 1. The molecule has 0 spiro atoms. The van der Waals surface area contributed by atoms with E-state index >= 15 is 0 Å². The molecule has 0 saturated heterocycles. The van der Waals surface area contributed by atoms with Crippen LogP contribution in [0.2, 0.25) is 0 Å². The number of rotatable bonds is 5. The molecular weight excluding hydrogens is 359 g/mol. The molecule has 3 N–H and O–H groups in total. The predicted octanol–water partition coefficient (Wildman–Crippen LogP) is 2.99. The lowest BCUT2D eigenvalue weighted by Crippen LogP contribution is -2.15. The van der Waals surface area contributed by atoms with Gasteiger partial charge in [-0.25, -0.2) is 12.8 Å². The molecule has 0 aromatic heterocycles. The van der Waals surface area contributed by atoms with E-state index in [0.29, 0.717) is 22.3 Å². The summed E-state index contributed by atoms with van der Waals surface area (Å²) < 4.78 is 40.1. The van der Waals surface area contributed by atoms with Crippen molar-refractivity contribution in [3.8, 4) is 0 Å². The fourth-order valence-electron chi connectivity index (χ4n) is 1.84. The van der Waals surface area contributed by atoms with Crippen LogP contribution in [0.15, 0.2) is 46.9 Å². The minimum Gasteiger partial charge on any atom is -0.326 e. The van der Waals surface area contributed by atoms with E-state index in [1.165, 1.54) is 18.2 Å². The summed E-state index contributed by atoms with van der Waals surface area (Å²) in [6, 6.07) is 10.8. The summed E-state index contributed by atoms with van der Waals surface area (Å²) in [6.07, 6.45) is 0. The molecule has 4 nitrogen and oxygen atoms in total. The SMILES string of the molecule is NCc1cccc(CS(=O)(=O)Nc2ccc(F)cc2Br)c1. The van der Waals surface area contributed by atoms with Crippen molar-refractivity contribution in [3.63, 3.8) is 0 Å². The second kappa shape index (κ2) is 6.55. The van der Waals surface area contributed by atoms with Crippen LogP contribution in [0.1, 0.15) is 11.1 Å². The molecule has 112 valence electrons. The van der Waals surface area contributed by atoms with Crippen LogP contribution in [-0.4, -0.2) is 8.42 Å². The highest BCUT2D eigenvalue weighted by atomic mass is 79.9. The first-order chi connectivity index (χ1) is 9.89. The molecule has 0 bridgehead atoms. The summed E-state index contributed by atoms with van der Waals surface area (Å²) in [6.45, 7) is 0.352. The Morgan fingerprint density at radius 1 is 1.14 bits per heavy atom. The Labute approximate surface area is 131 Å².